The average Bonchev–Trinajstić information content (AvgIpc) is 2.55. The molecule has 0 fully saturated rings. The predicted octanol–water partition coefficient (Wildman–Crippen LogP) is 4.24. The van der Waals surface area contributed by atoms with Crippen molar-refractivity contribution >= 4 is 45.5 Å². The number of carbonyl (C=O) groups is 1. The lowest BCUT2D eigenvalue weighted by Crippen LogP contribution is -2.00. The number of benzene rings is 2. The molecule has 0 amide bonds. The molecule has 0 spiro atoms. The van der Waals surface area contributed by atoms with Gasteiger partial charge >= 0.3 is 5.97 Å². The number of pyridine rings is 1. The van der Waals surface area contributed by atoms with Gasteiger partial charge in [0.1, 0.15) is 5.82 Å². The molecular weight excluding hydrogens is 334 g/mol. The molecule has 0 saturated carbocycles. The lowest BCUT2D eigenvalue weighted by atomic mass is 10.1. The van der Waals surface area contributed by atoms with E-state index >= 15 is 0 Å². The number of hydrogen-bond acceptors (Lipinski definition) is 5. The second kappa shape index (κ2) is 6.13. The van der Waals surface area contributed by atoms with Crippen LogP contribution in [0.1, 0.15) is 10.4 Å². The number of non-ortho nitro benzene ring substituents is 1. The lowest BCUT2D eigenvalue weighted by Gasteiger charge is -2.10. The van der Waals surface area contributed by atoms with Crippen molar-refractivity contribution in [3.8, 4) is 0 Å². The molecule has 3 rings (SSSR count). The Morgan fingerprint density at radius 1 is 1.21 bits per heavy atom. The molecule has 0 radical (unpaired) electrons. The number of nitro benzene ring substituents is 1. The minimum absolute atomic E-state index is 0.115. The van der Waals surface area contributed by atoms with Crippen LogP contribution in [0.2, 0.25) is 5.02 Å². The molecule has 0 aliphatic heterocycles. The fourth-order valence-electron chi connectivity index (χ4n) is 2.35. The van der Waals surface area contributed by atoms with Gasteiger partial charge in [-0.15, -0.1) is 0 Å². The van der Waals surface area contributed by atoms with Crippen molar-refractivity contribution < 1.29 is 14.8 Å². The molecule has 0 bridgehead atoms. The number of halogens is 1. The number of hydrogen-bond donors (Lipinski definition) is 2. The zero-order valence-corrected chi connectivity index (χ0v) is 12.8. The van der Waals surface area contributed by atoms with Crippen LogP contribution in [0, 0.1) is 10.1 Å². The summed E-state index contributed by atoms with van der Waals surface area (Å²) in [7, 11) is 0. The Balaban J connectivity index is 2.12. The van der Waals surface area contributed by atoms with Crippen LogP contribution >= 0.6 is 11.6 Å². The van der Waals surface area contributed by atoms with E-state index in [1.807, 2.05) is 0 Å². The molecule has 3 aromatic rings. The molecule has 24 heavy (non-hydrogen) atoms. The van der Waals surface area contributed by atoms with Crippen LogP contribution in [0.4, 0.5) is 17.2 Å². The van der Waals surface area contributed by atoms with Crippen LogP contribution in [0.5, 0.6) is 0 Å². The first-order valence-electron chi connectivity index (χ1n) is 6.79. The normalized spacial score (nSPS) is 10.5. The van der Waals surface area contributed by atoms with Crippen LogP contribution in [-0.4, -0.2) is 21.0 Å². The SMILES string of the molecule is O=C(O)c1cccc(Nc2nccc3c([N+](=O)[O-])cc(Cl)cc23)c1. The topological polar surface area (TPSA) is 105 Å². The van der Waals surface area contributed by atoms with E-state index in [0.717, 1.165) is 0 Å². The Morgan fingerprint density at radius 2 is 2.00 bits per heavy atom. The predicted molar refractivity (Wildman–Crippen MR) is 90.1 cm³/mol. The van der Waals surface area contributed by atoms with Crippen molar-refractivity contribution in [3.63, 3.8) is 0 Å². The maximum Gasteiger partial charge on any atom is 0.335 e. The highest BCUT2D eigenvalue weighted by atomic mass is 35.5. The van der Waals surface area contributed by atoms with Gasteiger partial charge in [-0.3, -0.25) is 10.1 Å². The summed E-state index contributed by atoms with van der Waals surface area (Å²) >= 11 is 5.97. The molecule has 2 N–H and O–H groups in total. The van der Waals surface area contributed by atoms with E-state index < -0.39 is 10.9 Å². The van der Waals surface area contributed by atoms with Crippen molar-refractivity contribution in [2.75, 3.05) is 5.32 Å². The van der Waals surface area contributed by atoms with Gasteiger partial charge in [-0.1, -0.05) is 17.7 Å². The van der Waals surface area contributed by atoms with Gasteiger partial charge in [-0.25, -0.2) is 9.78 Å². The maximum absolute atomic E-state index is 11.2. The fraction of sp³-hybridized carbons (Fsp3) is 0. The highest BCUT2D eigenvalue weighted by Crippen LogP contribution is 2.33. The first-order valence-corrected chi connectivity index (χ1v) is 7.16. The number of anilines is 2. The Labute approximate surface area is 140 Å². The zero-order chi connectivity index (χ0) is 17.3. The zero-order valence-electron chi connectivity index (χ0n) is 12.1. The van der Waals surface area contributed by atoms with Crippen molar-refractivity contribution in [1.29, 1.82) is 0 Å². The van der Waals surface area contributed by atoms with Crippen LogP contribution in [0.25, 0.3) is 10.8 Å². The van der Waals surface area contributed by atoms with E-state index in [-0.39, 0.29) is 16.3 Å². The van der Waals surface area contributed by atoms with E-state index in [0.29, 0.717) is 22.3 Å². The van der Waals surface area contributed by atoms with Crippen LogP contribution in [-0.2, 0) is 0 Å². The quantitative estimate of drug-likeness (QED) is 0.542. The van der Waals surface area contributed by atoms with Crippen molar-refractivity contribution in [2.45, 2.75) is 0 Å². The molecule has 120 valence electrons. The van der Waals surface area contributed by atoms with Gasteiger partial charge in [0.05, 0.1) is 15.9 Å². The van der Waals surface area contributed by atoms with E-state index in [1.54, 1.807) is 18.2 Å². The molecule has 0 unspecified atom stereocenters. The van der Waals surface area contributed by atoms with Gasteiger partial charge in [0.2, 0.25) is 0 Å². The Hall–Kier alpha value is -3.19. The summed E-state index contributed by atoms with van der Waals surface area (Å²) in [6, 6.07) is 10.5. The van der Waals surface area contributed by atoms with E-state index in [9.17, 15) is 14.9 Å². The summed E-state index contributed by atoms with van der Waals surface area (Å²) in [6.45, 7) is 0. The number of aromatic carboxylic acids is 1. The molecule has 1 heterocycles. The molecule has 7 nitrogen and oxygen atoms in total. The van der Waals surface area contributed by atoms with Gasteiger partial charge in [-0.2, -0.15) is 0 Å². The average molecular weight is 344 g/mol. The first-order chi connectivity index (χ1) is 11.5. The number of nitro groups is 1. The molecule has 0 atom stereocenters. The van der Waals surface area contributed by atoms with E-state index in [4.69, 9.17) is 16.7 Å². The third-order valence-electron chi connectivity index (χ3n) is 3.39. The summed E-state index contributed by atoms with van der Waals surface area (Å²) in [6.07, 6.45) is 1.44. The highest BCUT2D eigenvalue weighted by Gasteiger charge is 2.16. The number of aromatic nitrogens is 1. The van der Waals surface area contributed by atoms with Crippen LogP contribution in [0.3, 0.4) is 0 Å². The second-order valence-electron chi connectivity index (χ2n) is 4.95. The first kappa shape index (κ1) is 15.7. The summed E-state index contributed by atoms with van der Waals surface area (Å²) < 4.78 is 0. The molecule has 0 saturated heterocycles. The number of carboxylic acids is 1. The third-order valence-corrected chi connectivity index (χ3v) is 3.61. The van der Waals surface area contributed by atoms with Crippen LogP contribution in [0.15, 0.2) is 48.7 Å². The van der Waals surface area contributed by atoms with Crippen molar-refractivity contribution in [2.24, 2.45) is 0 Å². The Morgan fingerprint density at radius 3 is 2.71 bits per heavy atom. The monoisotopic (exact) mass is 343 g/mol. The number of fused-ring (bicyclic) bond motifs is 1. The summed E-state index contributed by atoms with van der Waals surface area (Å²) in [5.41, 5.74) is 0.490. The highest BCUT2D eigenvalue weighted by molar-refractivity contribution is 6.32. The summed E-state index contributed by atoms with van der Waals surface area (Å²) in [5, 5.41) is 24.3. The molecule has 0 aliphatic carbocycles. The Bertz CT molecular complexity index is 975. The largest absolute Gasteiger partial charge is 0.478 e. The van der Waals surface area contributed by atoms with Crippen LogP contribution < -0.4 is 5.32 Å². The smallest absolute Gasteiger partial charge is 0.335 e. The molecule has 1 aromatic heterocycles. The molecule has 2 aromatic carbocycles. The molecule has 0 aliphatic rings. The van der Waals surface area contributed by atoms with Gasteiger partial charge in [-0.05, 0) is 30.3 Å². The van der Waals surface area contributed by atoms with Gasteiger partial charge < -0.3 is 10.4 Å². The minimum Gasteiger partial charge on any atom is -0.478 e. The second-order valence-corrected chi connectivity index (χ2v) is 5.38. The standard InChI is InChI=1S/C16H10ClN3O4/c17-10-7-13-12(14(8-10)20(23)24)4-5-18-15(13)19-11-3-1-2-9(6-11)16(21)22/h1-8H,(H,18,19)(H,21,22). The Kier molecular flexibility index (Phi) is 4.01. The number of nitrogens with zero attached hydrogens (tertiary/aromatic N) is 2. The minimum atomic E-state index is -1.05. The third kappa shape index (κ3) is 2.97. The van der Waals surface area contributed by atoms with E-state index in [2.05, 4.69) is 10.3 Å². The van der Waals surface area contributed by atoms with E-state index in [1.165, 1.54) is 30.5 Å². The van der Waals surface area contributed by atoms with Gasteiger partial charge in [0.15, 0.2) is 0 Å². The maximum atomic E-state index is 11.2. The summed E-state index contributed by atoms with van der Waals surface area (Å²) in [4.78, 5) is 25.9. The van der Waals surface area contributed by atoms with Gasteiger partial charge in [0.25, 0.3) is 5.69 Å². The molecular formula is C16H10ClN3O4. The number of carboxylic acid groups (broad SMARTS) is 1. The van der Waals surface area contributed by atoms with Crippen molar-refractivity contribution in [3.05, 3.63) is 69.4 Å². The number of nitrogens with one attached hydrogen (secondary N) is 1. The van der Waals surface area contributed by atoms with Crippen molar-refractivity contribution in [1.82, 2.24) is 4.98 Å². The number of rotatable bonds is 4. The lowest BCUT2D eigenvalue weighted by molar-refractivity contribution is -0.383. The van der Waals surface area contributed by atoms with Gasteiger partial charge in [0, 0.05) is 28.4 Å². The molecule has 8 heteroatoms. The summed E-state index contributed by atoms with van der Waals surface area (Å²) in [5.74, 6) is -0.705. The fourth-order valence-corrected chi connectivity index (χ4v) is 2.56.